The van der Waals surface area contributed by atoms with E-state index in [1.807, 2.05) is 0 Å². The van der Waals surface area contributed by atoms with Gasteiger partial charge in [0, 0.05) is 32.3 Å². The van der Waals surface area contributed by atoms with Crippen LogP contribution < -0.4 is 9.47 Å². The van der Waals surface area contributed by atoms with E-state index in [-0.39, 0.29) is 21.9 Å². The van der Waals surface area contributed by atoms with Crippen LogP contribution in [-0.2, 0) is 17.3 Å². The lowest BCUT2D eigenvalue weighted by Crippen LogP contribution is -2.61. The Hall–Kier alpha value is -2.62. The molecule has 1 spiro atoms. The predicted molar refractivity (Wildman–Crippen MR) is 192 cm³/mol. The van der Waals surface area contributed by atoms with Gasteiger partial charge in [-0.25, -0.2) is 0 Å². The van der Waals surface area contributed by atoms with Crippen LogP contribution in [0.1, 0.15) is 180 Å². The van der Waals surface area contributed by atoms with E-state index in [1.165, 1.54) is 84.7 Å². The van der Waals surface area contributed by atoms with Crippen LogP contribution in [-0.4, -0.2) is 38.7 Å². The maximum Gasteiger partial charge on any atom is 0.705 e. The van der Waals surface area contributed by atoms with Crippen molar-refractivity contribution in [3.05, 3.63) is 57.6 Å². The number of ether oxygens (including phenoxy) is 2. The first-order valence-electron chi connectivity index (χ1n) is 18.7. The SMILES string of the molecule is CCCCC(CCCC)c1cc2c(c(CC)c1)OC13Oc4c(cc(C(C)(C)C)cc4C(C)(C)C)C=[N+]1[C@@]1(C)CCCC[C@]1(C)[N+]3=C2. The molecule has 0 radical (unpaired) electrons. The number of nitrogens with zero attached hydrogens (tertiary/aromatic N) is 2. The molecule has 0 N–H and O–H groups in total. The van der Waals surface area contributed by atoms with Gasteiger partial charge in [0.1, 0.15) is 0 Å². The predicted octanol–water partition coefficient (Wildman–Crippen LogP) is 10.4. The van der Waals surface area contributed by atoms with Gasteiger partial charge in [0.25, 0.3) is 0 Å². The monoisotopic (exact) mass is 626 g/mol. The third-order valence-electron chi connectivity index (χ3n) is 12.1. The number of benzene rings is 2. The molecule has 4 aliphatic rings. The highest BCUT2D eigenvalue weighted by atomic mass is 16.7. The van der Waals surface area contributed by atoms with Gasteiger partial charge in [-0.3, -0.25) is 0 Å². The van der Waals surface area contributed by atoms with Crippen LogP contribution in [0.4, 0.5) is 0 Å². The van der Waals surface area contributed by atoms with Crippen molar-refractivity contribution >= 4 is 12.4 Å². The average molecular weight is 627 g/mol. The molecule has 4 heteroatoms. The highest BCUT2D eigenvalue weighted by Gasteiger charge is 2.86. The maximum absolute atomic E-state index is 7.50. The minimum absolute atomic E-state index is 0.0339. The molecule has 6 rings (SSSR count). The lowest BCUT2D eigenvalue weighted by Gasteiger charge is -2.34. The number of unbranched alkanes of at least 4 members (excludes halogenated alkanes) is 2. The lowest BCUT2D eigenvalue weighted by atomic mass is 9.69. The van der Waals surface area contributed by atoms with Crippen molar-refractivity contribution in [2.75, 3.05) is 0 Å². The van der Waals surface area contributed by atoms with Crippen molar-refractivity contribution in [3.8, 4) is 11.5 Å². The van der Waals surface area contributed by atoms with Crippen LogP contribution in [0.5, 0.6) is 11.5 Å². The molecule has 0 aromatic heterocycles. The van der Waals surface area contributed by atoms with Crippen molar-refractivity contribution < 1.29 is 18.6 Å². The Morgan fingerprint density at radius 2 is 1.26 bits per heavy atom. The van der Waals surface area contributed by atoms with E-state index in [4.69, 9.17) is 9.47 Å². The van der Waals surface area contributed by atoms with Crippen LogP contribution in [0.2, 0.25) is 0 Å². The van der Waals surface area contributed by atoms with Crippen molar-refractivity contribution in [2.24, 2.45) is 0 Å². The Labute approximate surface area is 280 Å². The third kappa shape index (κ3) is 5.07. The van der Waals surface area contributed by atoms with Crippen LogP contribution in [0, 0.1) is 0 Å². The Kier molecular flexibility index (Phi) is 8.33. The molecule has 1 aliphatic carbocycles. The molecule has 2 aromatic carbocycles. The summed E-state index contributed by atoms with van der Waals surface area (Å²) in [5, 5.41) is 0. The van der Waals surface area contributed by atoms with E-state index in [0.29, 0.717) is 5.92 Å². The molecule has 46 heavy (non-hydrogen) atoms. The third-order valence-corrected chi connectivity index (χ3v) is 12.1. The van der Waals surface area contributed by atoms with Crippen molar-refractivity contribution in [1.29, 1.82) is 0 Å². The van der Waals surface area contributed by atoms with Crippen LogP contribution in [0.15, 0.2) is 24.3 Å². The Morgan fingerprint density at radius 1 is 0.717 bits per heavy atom. The minimum Gasteiger partial charge on any atom is -0.340 e. The zero-order valence-corrected chi connectivity index (χ0v) is 31.0. The molecule has 3 heterocycles. The first kappa shape index (κ1) is 33.3. The number of fused-ring (bicyclic) bond motifs is 5. The standard InChI is InChI=1S/C42H62N2O2/c1-12-15-19-30(20-16-13-2)31-23-29(14-3)36-32(24-31)27-43-40(10)21-17-18-22-41(40,11)44-28-33-25-34(38(4,5)6)26-35(39(7,8)9)37(33)46-42(43,44)45-36/h23-28,30H,12-22H2,1-11H3/q+2/t40-,41-,42?/m0/s1. The first-order valence-corrected chi connectivity index (χ1v) is 18.7. The summed E-state index contributed by atoms with van der Waals surface area (Å²) < 4.78 is 20.0. The zero-order chi connectivity index (χ0) is 33.3. The van der Waals surface area contributed by atoms with Crippen molar-refractivity contribution in [1.82, 2.24) is 0 Å². The molecule has 4 nitrogen and oxygen atoms in total. The molecule has 0 amide bonds. The van der Waals surface area contributed by atoms with Gasteiger partial charge in [0.15, 0.2) is 23.9 Å². The fourth-order valence-corrected chi connectivity index (χ4v) is 8.87. The van der Waals surface area contributed by atoms with Crippen molar-refractivity contribution in [2.45, 2.75) is 181 Å². The van der Waals surface area contributed by atoms with Gasteiger partial charge in [-0.1, -0.05) is 109 Å². The van der Waals surface area contributed by atoms with E-state index < -0.39 is 6.03 Å². The summed E-state index contributed by atoms with van der Waals surface area (Å²) in [6, 6.07) is 8.65. The highest BCUT2D eigenvalue weighted by molar-refractivity contribution is 5.85. The van der Waals surface area contributed by atoms with Gasteiger partial charge in [0.2, 0.25) is 11.1 Å². The van der Waals surface area contributed by atoms with Crippen LogP contribution in [0.25, 0.3) is 0 Å². The first-order chi connectivity index (χ1) is 21.6. The summed E-state index contributed by atoms with van der Waals surface area (Å²) in [6.45, 7) is 25.7. The zero-order valence-electron chi connectivity index (χ0n) is 31.0. The van der Waals surface area contributed by atoms with E-state index in [1.54, 1.807) is 0 Å². The molecule has 250 valence electrons. The topological polar surface area (TPSA) is 24.5 Å². The number of hydrogen-bond acceptors (Lipinski definition) is 2. The molecule has 1 saturated heterocycles. The maximum atomic E-state index is 7.50. The van der Waals surface area contributed by atoms with E-state index in [0.717, 1.165) is 30.8 Å². The van der Waals surface area contributed by atoms with Crippen LogP contribution >= 0.6 is 0 Å². The van der Waals surface area contributed by atoms with Crippen molar-refractivity contribution in [3.63, 3.8) is 0 Å². The molecular weight excluding hydrogens is 564 g/mol. The molecule has 2 fully saturated rings. The van der Waals surface area contributed by atoms with Gasteiger partial charge in [-0.05, 0) is 77.7 Å². The minimum atomic E-state index is -1.06. The number of aryl methyl sites for hydroxylation is 1. The van der Waals surface area contributed by atoms with E-state index in [9.17, 15) is 0 Å². The number of rotatable bonds is 8. The fourth-order valence-electron chi connectivity index (χ4n) is 8.87. The largest absolute Gasteiger partial charge is 0.705 e. The summed E-state index contributed by atoms with van der Waals surface area (Å²) in [6.07, 6.45) is 18.0. The summed E-state index contributed by atoms with van der Waals surface area (Å²) in [4.78, 5) is 0. The molecular formula is C42H62N2O2+2. The van der Waals surface area contributed by atoms with Gasteiger partial charge >= 0.3 is 6.03 Å². The Bertz CT molecular complexity index is 1560. The van der Waals surface area contributed by atoms with Crippen LogP contribution in [0.3, 0.4) is 0 Å². The number of hydrogen-bond donors (Lipinski definition) is 0. The second kappa shape index (κ2) is 11.5. The molecule has 0 bridgehead atoms. The van der Waals surface area contributed by atoms with Gasteiger partial charge in [-0.2, -0.15) is 0 Å². The Balaban J connectivity index is 1.59. The molecule has 2 aromatic rings. The van der Waals surface area contributed by atoms with Gasteiger partial charge in [-0.15, -0.1) is 0 Å². The molecule has 1 unspecified atom stereocenters. The second-order valence-corrected chi connectivity index (χ2v) is 17.4. The molecule has 1 saturated carbocycles. The quantitative estimate of drug-likeness (QED) is 0.272. The normalized spacial score (nSPS) is 26.6. The van der Waals surface area contributed by atoms with Gasteiger partial charge in [0.05, 0.1) is 11.1 Å². The lowest BCUT2D eigenvalue weighted by molar-refractivity contribution is -0.876. The van der Waals surface area contributed by atoms with Gasteiger partial charge < -0.3 is 9.47 Å². The van der Waals surface area contributed by atoms with E-state index >= 15 is 0 Å². The molecule has 3 aliphatic heterocycles. The second-order valence-electron chi connectivity index (χ2n) is 17.4. The smallest absolute Gasteiger partial charge is 0.340 e. The average Bonchev–Trinajstić information content (AvgIpc) is 3.16. The summed E-state index contributed by atoms with van der Waals surface area (Å²) in [7, 11) is 0. The highest BCUT2D eigenvalue weighted by Crippen LogP contribution is 2.56. The summed E-state index contributed by atoms with van der Waals surface area (Å²) in [5.74, 6) is 2.57. The molecule has 3 atom stereocenters. The summed E-state index contributed by atoms with van der Waals surface area (Å²) in [5.41, 5.74) is 7.44. The Morgan fingerprint density at radius 3 is 1.76 bits per heavy atom. The summed E-state index contributed by atoms with van der Waals surface area (Å²) >= 11 is 0. The van der Waals surface area contributed by atoms with E-state index in [2.05, 4.69) is 122 Å². The fraction of sp³-hybridized carbons (Fsp3) is 0.667.